The van der Waals surface area contributed by atoms with Crippen molar-refractivity contribution in [2.75, 3.05) is 0 Å². The van der Waals surface area contributed by atoms with E-state index in [4.69, 9.17) is 10.2 Å². The zero-order chi connectivity index (χ0) is 11.1. The van der Waals surface area contributed by atoms with E-state index in [1.165, 1.54) is 19.0 Å². The van der Waals surface area contributed by atoms with Crippen LogP contribution in [-0.2, 0) is 12.8 Å². The van der Waals surface area contributed by atoms with Gasteiger partial charge in [-0.05, 0) is 19.0 Å². The van der Waals surface area contributed by atoms with Gasteiger partial charge in [-0.3, -0.25) is 4.98 Å². The predicted molar refractivity (Wildman–Crippen MR) is 59.6 cm³/mol. The Morgan fingerprint density at radius 1 is 1.47 bits per heavy atom. The van der Waals surface area contributed by atoms with E-state index in [-0.39, 0.29) is 5.76 Å². The van der Waals surface area contributed by atoms with E-state index in [1.54, 1.807) is 6.08 Å². The summed E-state index contributed by atoms with van der Waals surface area (Å²) in [6.07, 6.45) is 8.09. The van der Waals surface area contributed by atoms with Crippen molar-refractivity contribution in [2.45, 2.75) is 39.0 Å². The van der Waals surface area contributed by atoms with Crippen LogP contribution in [0, 0.1) is 0 Å². The number of nitrogens with one attached hydrogen (secondary N) is 1. The Labute approximate surface area is 89.2 Å². The monoisotopic (exact) mass is 210 g/mol. The third-order valence-corrected chi connectivity index (χ3v) is 2.28. The molecule has 1 aromatic heterocycles. The lowest BCUT2D eigenvalue weighted by Crippen LogP contribution is -1.97. The summed E-state index contributed by atoms with van der Waals surface area (Å²) in [5.41, 5.74) is 6.15. The minimum Gasteiger partial charge on any atom is -0.412 e. The van der Waals surface area contributed by atoms with E-state index in [9.17, 15) is 4.79 Å². The van der Waals surface area contributed by atoms with Gasteiger partial charge in [0.15, 0.2) is 0 Å². The lowest BCUT2D eigenvalue weighted by Gasteiger charge is -1.98. The molecule has 4 heteroatoms. The Balaban J connectivity index is 2.63. The second-order valence-corrected chi connectivity index (χ2v) is 3.51. The Morgan fingerprint density at radius 2 is 2.27 bits per heavy atom. The molecule has 84 valence electrons. The third kappa shape index (κ3) is 3.65. The minimum atomic E-state index is -0.373. The molecule has 0 amide bonds. The molecule has 0 unspecified atom stereocenters. The molecule has 0 fully saturated rings. The number of hydrogen-bond acceptors (Lipinski definition) is 3. The van der Waals surface area contributed by atoms with E-state index in [2.05, 4.69) is 11.9 Å². The van der Waals surface area contributed by atoms with E-state index < -0.39 is 0 Å². The largest absolute Gasteiger partial charge is 0.416 e. The van der Waals surface area contributed by atoms with Gasteiger partial charge in [0, 0.05) is 6.42 Å². The summed E-state index contributed by atoms with van der Waals surface area (Å²) in [5.74, 6) is 0.333. The summed E-state index contributed by atoms with van der Waals surface area (Å²) in [6, 6.07) is 0. The predicted octanol–water partition coefficient (Wildman–Crippen LogP) is 1.72. The Hall–Kier alpha value is -1.45. The minimum absolute atomic E-state index is 0.373. The van der Waals surface area contributed by atoms with Gasteiger partial charge in [0.05, 0.1) is 5.69 Å². The maximum absolute atomic E-state index is 11.0. The van der Waals surface area contributed by atoms with E-state index >= 15 is 0 Å². The summed E-state index contributed by atoms with van der Waals surface area (Å²) in [5, 5.41) is 0. The van der Waals surface area contributed by atoms with Crippen molar-refractivity contribution in [1.29, 1.82) is 0 Å². The molecular formula is C11H18N2O2. The van der Waals surface area contributed by atoms with Crippen LogP contribution in [0.3, 0.4) is 0 Å². The quantitative estimate of drug-likeness (QED) is 0.702. The number of nitrogens with two attached hydrogens (primary N) is 1. The molecule has 15 heavy (non-hydrogen) atoms. The van der Waals surface area contributed by atoms with Gasteiger partial charge in [-0.1, -0.05) is 25.8 Å². The maximum atomic E-state index is 11.0. The first-order chi connectivity index (χ1) is 7.27. The second kappa shape index (κ2) is 6.11. The highest BCUT2D eigenvalue weighted by atomic mass is 16.4. The van der Waals surface area contributed by atoms with Crippen LogP contribution in [0.1, 0.15) is 37.6 Å². The summed E-state index contributed by atoms with van der Waals surface area (Å²) in [7, 11) is 0. The van der Waals surface area contributed by atoms with Gasteiger partial charge in [-0.2, -0.15) is 0 Å². The Bertz CT molecular complexity index is 363. The lowest BCUT2D eigenvalue weighted by atomic mass is 10.1. The van der Waals surface area contributed by atoms with Gasteiger partial charge < -0.3 is 10.2 Å². The van der Waals surface area contributed by atoms with Crippen LogP contribution in [-0.4, -0.2) is 4.98 Å². The summed E-state index contributed by atoms with van der Waals surface area (Å²) < 4.78 is 5.03. The molecule has 0 saturated heterocycles. The molecule has 0 saturated carbocycles. The standard InChI is InChI=1S/C11H18N2O2/c1-2-3-4-6-9-10(7-5-8-12)15-11(14)13-9/h5,8H,2-4,6-7,12H2,1H3,(H,13,14). The van der Waals surface area contributed by atoms with Crippen LogP contribution in [0.15, 0.2) is 21.5 Å². The zero-order valence-electron chi connectivity index (χ0n) is 9.08. The molecule has 0 bridgehead atoms. The van der Waals surface area contributed by atoms with Crippen molar-refractivity contribution < 1.29 is 4.42 Å². The van der Waals surface area contributed by atoms with Gasteiger partial charge in [-0.15, -0.1) is 0 Å². The summed E-state index contributed by atoms with van der Waals surface area (Å²) in [6.45, 7) is 2.15. The molecule has 0 aliphatic rings. The number of aryl methyl sites for hydroxylation is 1. The molecule has 0 aliphatic heterocycles. The molecule has 0 aliphatic carbocycles. The first kappa shape index (κ1) is 11.6. The van der Waals surface area contributed by atoms with Crippen molar-refractivity contribution in [3.05, 3.63) is 34.3 Å². The second-order valence-electron chi connectivity index (χ2n) is 3.51. The average molecular weight is 210 g/mol. The lowest BCUT2D eigenvalue weighted by molar-refractivity contribution is 0.477. The number of hydrogen-bond donors (Lipinski definition) is 2. The van der Waals surface area contributed by atoms with E-state index in [1.807, 2.05) is 0 Å². The fraction of sp³-hybridized carbons (Fsp3) is 0.545. The van der Waals surface area contributed by atoms with Crippen LogP contribution < -0.4 is 11.5 Å². The molecule has 1 heterocycles. The zero-order valence-corrected chi connectivity index (χ0v) is 9.08. The van der Waals surface area contributed by atoms with Gasteiger partial charge in [-0.25, -0.2) is 4.79 Å². The van der Waals surface area contributed by atoms with Crippen LogP contribution in [0.2, 0.25) is 0 Å². The highest BCUT2D eigenvalue weighted by Crippen LogP contribution is 2.09. The van der Waals surface area contributed by atoms with E-state index in [0.29, 0.717) is 12.2 Å². The fourth-order valence-corrected chi connectivity index (χ4v) is 1.49. The molecule has 0 radical (unpaired) electrons. The Morgan fingerprint density at radius 3 is 2.93 bits per heavy atom. The number of oxazole rings is 1. The fourth-order valence-electron chi connectivity index (χ4n) is 1.49. The molecule has 0 atom stereocenters. The van der Waals surface area contributed by atoms with Crippen LogP contribution in [0.25, 0.3) is 0 Å². The number of H-pyrrole nitrogens is 1. The highest BCUT2D eigenvalue weighted by Gasteiger charge is 2.07. The molecule has 1 rings (SSSR count). The summed E-state index contributed by atoms with van der Waals surface area (Å²) >= 11 is 0. The first-order valence-corrected chi connectivity index (χ1v) is 5.35. The topological polar surface area (TPSA) is 72.0 Å². The van der Waals surface area contributed by atoms with Gasteiger partial charge in [0.25, 0.3) is 0 Å². The molecular weight excluding hydrogens is 192 g/mol. The normalized spacial score (nSPS) is 11.3. The third-order valence-electron chi connectivity index (χ3n) is 2.28. The van der Waals surface area contributed by atoms with E-state index in [0.717, 1.165) is 18.5 Å². The molecule has 4 nitrogen and oxygen atoms in total. The van der Waals surface area contributed by atoms with Crippen molar-refractivity contribution in [2.24, 2.45) is 5.73 Å². The molecule has 1 aromatic rings. The molecule has 3 N–H and O–H groups in total. The van der Waals surface area contributed by atoms with Crippen LogP contribution in [0.5, 0.6) is 0 Å². The first-order valence-electron chi connectivity index (χ1n) is 5.35. The van der Waals surface area contributed by atoms with Crippen molar-refractivity contribution >= 4 is 0 Å². The molecule has 0 aromatic carbocycles. The van der Waals surface area contributed by atoms with Crippen molar-refractivity contribution in [1.82, 2.24) is 4.98 Å². The van der Waals surface area contributed by atoms with Crippen LogP contribution >= 0.6 is 0 Å². The van der Waals surface area contributed by atoms with Crippen LogP contribution in [0.4, 0.5) is 0 Å². The number of aromatic amines is 1. The number of allylic oxidation sites excluding steroid dienone is 1. The van der Waals surface area contributed by atoms with Gasteiger partial charge in [0.1, 0.15) is 5.76 Å². The van der Waals surface area contributed by atoms with Crippen molar-refractivity contribution in [3.63, 3.8) is 0 Å². The smallest absolute Gasteiger partial charge is 0.412 e. The number of unbranched alkanes of at least 4 members (excludes halogenated alkanes) is 2. The van der Waals surface area contributed by atoms with Gasteiger partial charge >= 0.3 is 5.76 Å². The van der Waals surface area contributed by atoms with Gasteiger partial charge in [0.2, 0.25) is 0 Å². The average Bonchev–Trinajstić information content (AvgIpc) is 2.56. The van der Waals surface area contributed by atoms with Crippen molar-refractivity contribution in [3.8, 4) is 0 Å². The number of rotatable bonds is 6. The summed E-state index contributed by atoms with van der Waals surface area (Å²) in [4.78, 5) is 13.7. The maximum Gasteiger partial charge on any atom is 0.416 e. The highest BCUT2D eigenvalue weighted by molar-refractivity contribution is 5.11. The molecule has 0 spiro atoms. The number of aromatic nitrogens is 1. The Kier molecular flexibility index (Phi) is 4.74. The SMILES string of the molecule is CCCCCc1[nH]c(=O)oc1CC=CN.